The molecule has 2 rings (SSSR count). The minimum absolute atomic E-state index is 0.0830. The fraction of sp³-hybridized carbons (Fsp3) is 1.00. The zero-order chi connectivity index (χ0) is 11.9. The Bertz CT molecular complexity index is 290. The predicted octanol–water partition coefficient (Wildman–Crippen LogP) is -1.09. The summed E-state index contributed by atoms with van der Waals surface area (Å²) in [6.07, 6.45) is -0.341. The number of nitrogens with two attached hydrogens (primary N) is 1. The Morgan fingerprint density at radius 2 is 2.00 bits per heavy atom. The summed E-state index contributed by atoms with van der Waals surface area (Å²) in [4.78, 5) is 10.2. The van der Waals surface area contributed by atoms with E-state index in [1.165, 1.54) is 0 Å². The summed E-state index contributed by atoms with van der Waals surface area (Å²) in [6.45, 7) is 0. The normalized spacial score (nSPS) is 41.7. The molecule has 9 heteroatoms. The molecule has 0 aromatic heterocycles. The molecule has 9 nitrogen and oxygen atoms in total. The van der Waals surface area contributed by atoms with E-state index in [-0.39, 0.29) is 6.42 Å². The van der Waals surface area contributed by atoms with Crippen LogP contribution in [0.15, 0.2) is 0 Å². The maximum Gasteiger partial charge on any atom is 0.214 e. The number of rotatable bonds is 1. The lowest BCUT2D eigenvalue weighted by Crippen LogP contribution is -2.71. The molecule has 92 valence electrons. The molecule has 0 spiro atoms. The Balaban J connectivity index is 2.10. The highest BCUT2D eigenvalue weighted by Crippen LogP contribution is 2.30. The third-order valence-corrected chi connectivity index (χ3v) is 3.21. The number of hydroxylamine groups is 3. The zero-order valence-electron chi connectivity index (χ0n) is 8.48. The van der Waals surface area contributed by atoms with E-state index in [4.69, 9.17) is 5.73 Å². The topological polar surface area (TPSA) is 134 Å². The summed E-state index contributed by atoms with van der Waals surface area (Å²) < 4.78 is 0. The fourth-order valence-corrected chi connectivity index (χ4v) is 2.34. The van der Waals surface area contributed by atoms with Crippen molar-refractivity contribution in [3.05, 3.63) is 20.5 Å². The SMILES string of the molecule is NC1NN([O-])C2CC([N+](=O)[O-])CCC2N1[O-]. The van der Waals surface area contributed by atoms with Crippen LogP contribution in [0, 0.1) is 20.5 Å². The molecule has 0 aromatic rings. The Kier molecular flexibility index (Phi) is 3.06. The predicted molar refractivity (Wildman–Crippen MR) is 53.7 cm³/mol. The Hall–Kier alpha value is -0.840. The van der Waals surface area contributed by atoms with Crippen LogP contribution in [0.25, 0.3) is 0 Å². The molecule has 2 aliphatic rings. The number of hydrogen-bond acceptors (Lipinski definition) is 8. The minimum atomic E-state index is -1.06. The number of fused-ring (bicyclic) bond motifs is 1. The van der Waals surface area contributed by atoms with Crippen LogP contribution in [0.1, 0.15) is 19.3 Å². The molecule has 0 amide bonds. The van der Waals surface area contributed by atoms with Gasteiger partial charge in [-0.25, -0.2) is 5.43 Å². The molecule has 1 aliphatic heterocycles. The second-order valence-electron chi connectivity index (χ2n) is 4.15. The van der Waals surface area contributed by atoms with Crippen LogP contribution >= 0.6 is 0 Å². The summed E-state index contributed by atoms with van der Waals surface area (Å²) in [5, 5.41) is 34.8. The van der Waals surface area contributed by atoms with E-state index in [1.807, 2.05) is 0 Å². The summed E-state index contributed by atoms with van der Waals surface area (Å²) >= 11 is 0. The number of hydrogen-bond donors (Lipinski definition) is 2. The second-order valence-corrected chi connectivity index (χ2v) is 4.15. The van der Waals surface area contributed by atoms with Crippen molar-refractivity contribution in [3.63, 3.8) is 0 Å². The molecule has 0 radical (unpaired) electrons. The molecule has 1 saturated heterocycles. The lowest BCUT2D eigenvalue weighted by Gasteiger charge is -2.58. The van der Waals surface area contributed by atoms with Crippen molar-refractivity contribution in [2.45, 2.75) is 43.7 Å². The molecule has 4 atom stereocenters. The Morgan fingerprint density at radius 1 is 1.31 bits per heavy atom. The van der Waals surface area contributed by atoms with Gasteiger partial charge < -0.3 is 26.4 Å². The van der Waals surface area contributed by atoms with E-state index in [0.29, 0.717) is 23.1 Å². The van der Waals surface area contributed by atoms with Gasteiger partial charge in [-0.1, -0.05) is 0 Å². The molecule has 1 aliphatic carbocycles. The van der Waals surface area contributed by atoms with E-state index >= 15 is 0 Å². The largest absolute Gasteiger partial charge is 0.783 e. The van der Waals surface area contributed by atoms with Crippen molar-refractivity contribution >= 4 is 0 Å². The van der Waals surface area contributed by atoms with Crippen molar-refractivity contribution in [2.24, 2.45) is 5.73 Å². The van der Waals surface area contributed by atoms with Crippen LogP contribution in [-0.4, -0.2) is 39.6 Å². The number of nitrogens with one attached hydrogen (secondary N) is 1. The van der Waals surface area contributed by atoms with Gasteiger partial charge in [0.15, 0.2) is 0 Å². The van der Waals surface area contributed by atoms with Gasteiger partial charge in [0.2, 0.25) is 6.04 Å². The number of nitrogens with zero attached hydrogens (tertiary/aromatic N) is 3. The molecule has 2 fully saturated rings. The lowest BCUT2D eigenvalue weighted by atomic mass is 9.86. The van der Waals surface area contributed by atoms with E-state index in [9.17, 15) is 20.5 Å². The fourth-order valence-electron chi connectivity index (χ4n) is 2.34. The quantitative estimate of drug-likeness (QED) is 0.429. The van der Waals surface area contributed by atoms with Crippen LogP contribution in [-0.2, 0) is 0 Å². The molecular formula is C7H13N5O4-2. The third-order valence-electron chi connectivity index (χ3n) is 3.21. The summed E-state index contributed by atoms with van der Waals surface area (Å²) in [5.74, 6) is 0. The number of hydrazine groups is 1. The van der Waals surface area contributed by atoms with Gasteiger partial charge in [-0.2, -0.15) is 0 Å². The molecule has 4 unspecified atom stereocenters. The third kappa shape index (κ3) is 1.88. The number of nitro groups is 1. The highest BCUT2D eigenvalue weighted by Gasteiger charge is 2.41. The zero-order valence-corrected chi connectivity index (χ0v) is 8.48. The van der Waals surface area contributed by atoms with E-state index in [1.54, 1.807) is 0 Å². The van der Waals surface area contributed by atoms with Crippen molar-refractivity contribution in [2.75, 3.05) is 0 Å². The van der Waals surface area contributed by atoms with Gasteiger partial charge in [0.1, 0.15) is 6.29 Å². The van der Waals surface area contributed by atoms with E-state index in [2.05, 4.69) is 5.43 Å². The van der Waals surface area contributed by atoms with Gasteiger partial charge in [0.05, 0.1) is 0 Å². The molecule has 1 saturated carbocycles. The van der Waals surface area contributed by atoms with Crippen molar-refractivity contribution in [1.29, 1.82) is 0 Å². The van der Waals surface area contributed by atoms with Crippen molar-refractivity contribution < 1.29 is 4.92 Å². The van der Waals surface area contributed by atoms with Crippen LogP contribution in [0.5, 0.6) is 0 Å². The summed E-state index contributed by atoms with van der Waals surface area (Å²) in [6, 6.07) is -1.99. The molecule has 16 heavy (non-hydrogen) atoms. The monoisotopic (exact) mass is 231 g/mol. The van der Waals surface area contributed by atoms with Gasteiger partial charge >= 0.3 is 0 Å². The Labute approximate surface area is 91.4 Å². The van der Waals surface area contributed by atoms with Gasteiger partial charge in [0, 0.05) is 29.8 Å². The van der Waals surface area contributed by atoms with Crippen LogP contribution < -0.4 is 11.2 Å². The Morgan fingerprint density at radius 3 is 2.62 bits per heavy atom. The lowest BCUT2D eigenvalue weighted by molar-refractivity contribution is -0.528. The van der Waals surface area contributed by atoms with Gasteiger partial charge in [-0.15, -0.1) is 0 Å². The van der Waals surface area contributed by atoms with E-state index < -0.39 is 29.3 Å². The summed E-state index contributed by atoms with van der Waals surface area (Å²) in [7, 11) is 0. The maximum atomic E-state index is 11.6. The summed E-state index contributed by atoms with van der Waals surface area (Å²) in [5.41, 5.74) is 7.63. The van der Waals surface area contributed by atoms with Crippen LogP contribution in [0.4, 0.5) is 0 Å². The first-order valence-corrected chi connectivity index (χ1v) is 5.08. The smallest absolute Gasteiger partial charge is 0.214 e. The average molecular weight is 231 g/mol. The van der Waals surface area contributed by atoms with E-state index in [0.717, 1.165) is 0 Å². The molecule has 1 heterocycles. The standard InChI is InChI=1S/C7H13N5O4/c8-7-9-11(14)6-3-4(12(15)16)1-2-5(6)10(7)13/h4-7,9H,1-3,8H2/q-2. The second kappa shape index (κ2) is 4.20. The highest BCUT2D eigenvalue weighted by atomic mass is 16.6. The minimum Gasteiger partial charge on any atom is -0.783 e. The van der Waals surface area contributed by atoms with Crippen LogP contribution in [0.3, 0.4) is 0 Å². The molecular weight excluding hydrogens is 218 g/mol. The van der Waals surface area contributed by atoms with Gasteiger partial charge in [-0.05, 0) is 6.42 Å². The van der Waals surface area contributed by atoms with Gasteiger partial charge in [0.25, 0.3) is 0 Å². The van der Waals surface area contributed by atoms with Gasteiger partial charge in [-0.3, -0.25) is 10.1 Å². The average Bonchev–Trinajstić information content (AvgIpc) is 2.25. The first kappa shape index (κ1) is 11.6. The molecule has 0 aromatic carbocycles. The first-order chi connectivity index (χ1) is 7.50. The maximum absolute atomic E-state index is 11.6. The van der Waals surface area contributed by atoms with Crippen molar-refractivity contribution in [1.82, 2.24) is 15.7 Å². The molecule has 0 bridgehead atoms. The first-order valence-electron chi connectivity index (χ1n) is 5.08. The van der Waals surface area contributed by atoms with Crippen LogP contribution in [0.2, 0.25) is 0 Å². The van der Waals surface area contributed by atoms with Crippen molar-refractivity contribution in [3.8, 4) is 0 Å². The highest BCUT2D eigenvalue weighted by molar-refractivity contribution is 4.96. The molecule has 3 N–H and O–H groups in total.